The van der Waals surface area contributed by atoms with Crippen LogP contribution in [0.1, 0.15) is 23.8 Å². The molecule has 3 aromatic rings. The Morgan fingerprint density at radius 2 is 1.93 bits per heavy atom. The highest BCUT2D eigenvalue weighted by atomic mass is 19.2. The molecular weight excluding hydrogens is 385 g/mol. The number of hydrogen-bond acceptors (Lipinski definition) is 3. The number of hydrogen-bond donors (Lipinski definition) is 2. The highest BCUT2D eigenvalue weighted by Gasteiger charge is 2.39. The molecule has 9 heteroatoms. The normalized spacial score (nSPS) is 19.0. The molecule has 0 unspecified atom stereocenters. The summed E-state index contributed by atoms with van der Waals surface area (Å²) in [6, 6.07) is 6.22. The molecule has 2 N–H and O–H groups in total. The van der Waals surface area contributed by atoms with Crippen LogP contribution in [0.2, 0.25) is 0 Å². The summed E-state index contributed by atoms with van der Waals surface area (Å²) in [5.74, 6) is -5.69. The number of nitrogens with zero attached hydrogens (tertiary/aromatic N) is 2. The Hall–Kier alpha value is -3.36. The number of pyridine rings is 1. The molecular formula is C20H17F3N4O2. The van der Waals surface area contributed by atoms with Crippen molar-refractivity contribution in [2.24, 2.45) is 5.92 Å². The molecule has 2 aromatic heterocycles. The Labute approximate surface area is 163 Å². The summed E-state index contributed by atoms with van der Waals surface area (Å²) in [4.78, 5) is 34.2. The first kappa shape index (κ1) is 19.0. The minimum Gasteiger partial charge on any atom is -0.349 e. The van der Waals surface area contributed by atoms with E-state index in [2.05, 4.69) is 15.3 Å². The van der Waals surface area contributed by atoms with E-state index in [-0.39, 0.29) is 11.6 Å². The molecule has 0 saturated carbocycles. The molecule has 0 aliphatic carbocycles. The second-order valence-electron chi connectivity index (χ2n) is 7.00. The van der Waals surface area contributed by atoms with E-state index in [4.69, 9.17) is 0 Å². The highest BCUT2D eigenvalue weighted by Crippen LogP contribution is 2.28. The molecule has 150 valence electrons. The first-order valence-corrected chi connectivity index (χ1v) is 9.05. The molecule has 29 heavy (non-hydrogen) atoms. The maximum atomic E-state index is 13.4. The van der Waals surface area contributed by atoms with Crippen LogP contribution in [0.15, 0.2) is 36.5 Å². The van der Waals surface area contributed by atoms with E-state index in [9.17, 15) is 22.8 Å². The Kier molecular flexibility index (Phi) is 4.73. The van der Waals surface area contributed by atoms with E-state index in [1.54, 1.807) is 30.2 Å². The van der Waals surface area contributed by atoms with Crippen molar-refractivity contribution in [2.75, 3.05) is 11.9 Å². The molecule has 0 radical (unpaired) electrons. The average Bonchev–Trinajstić information content (AvgIpc) is 3.29. The lowest BCUT2D eigenvalue weighted by Crippen LogP contribution is -2.39. The van der Waals surface area contributed by atoms with Gasteiger partial charge in [0.15, 0.2) is 17.5 Å². The fraction of sp³-hybridized carbons (Fsp3) is 0.250. The lowest BCUT2D eigenvalue weighted by Gasteiger charge is -2.24. The summed E-state index contributed by atoms with van der Waals surface area (Å²) in [6.45, 7) is 2.09. The largest absolute Gasteiger partial charge is 0.349 e. The molecule has 1 saturated heterocycles. The van der Waals surface area contributed by atoms with Gasteiger partial charge in [-0.05, 0) is 31.5 Å². The van der Waals surface area contributed by atoms with E-state index >= 15 is 0 Å². The van der Waals surface area contributed by atoms with Crippen molar-refractivity contribution >= 4 is 28.5 Å². The molecule has 2 amide bonds. The average molecular weight is 402 g/mol. The third kappa shape index (κ3) is 3.43. The number of fused-ring (bicyclic) bond motifs is 1. The fourth-order valence-electron chi connectivity index (χ4n) is 3.67. The minimum atomic E-state index is -1.60. The number of aromatic amines is 1. The molecule has 2 atom stereocenters. The van der Waals surface area contributed by atoms with Crippen LogP contribution in [0, 0.1) is 23.4 Å². The Bertz CT molecular complexity index is 1060. The van der Waals surface area contributed by atoms with Crippen molar-refractivity contribution in [1.82, 2.24) is 14.9 Å². The number of amides is 2. The Balaban J connectivity index is 1.48. The number of carbonyl (C=O) groups is 2. The Morgan fingerprint density at radius 3 is 2.62 bits per heavy atom. The second kappa shape index (κ2) is 7.23. The second-order valence-corrected chi connectivity index (χ2v) is 7.00. The monoisotopic (exact) mass is 402 g/mol. The number of nitrogens with one attached hydrogen (secondary N) is 2. The quantitative estimate of drug-likeness (QED) is 0.659. The van der Waals surface area contributed by atoms with Crippen molar-refractivity contribution in [3.8, 4) is 0 Å². The standard InChI is InChI=1S/C20H17F3N4O2/c1-10-12(19(28)25-11-7-13(21)18(23)14(22)8-11)4-6-27(10)20(29)17-9-16-15(26-17)3-2-5-24-16/h2-3,5,7-10,12,26H,4,6H2,1H3,(H,25,28)/t10-,12-/m0/s1. The molecule has 1 fully saturated rings. The predicted octanol–water partition coefficient (Wildman–Crippen LogP) is 3.47. The summed E-state index contributed by atoms with van der Waals surface area (Å²) in [7, 11) is 0. The van der Waals surface area contributed by atoms with Crippen LogP contribution >= 0.6 is 0 Å². The van der Waals surface area contributed by atoms with Gasteiger partial charge in [-0.3, -0.25) is 14.6 Å². The summed E-state index contributed by atoms with van der Waals surface area (Å²) in [5.41, 5.74) is 1.59. The van der Waals surface area contributed by atoms with Gasteiger partial charge in [-0.2, -0.15) is 0 Å². The van der Waals surface area contributed by atoms with Crippen LogP contribution < -0.4 is 5.32 Å². The molecule has 1 aliphatic heterocycles. The zero-order valence-electron chi connectivity index (χ0n) is 15.4. The van der Waals surface area contributed by atoms with Gasteiger partial charge in [-0.25, -0.2) is 13.2 Å². The molecule has 3 heterocycles. The van der Waals surface area contributed by atoms with E-state index < -0.39 is 35.3 Å². The summed E-state index contributed by atoms with van der Waals surface area (Å²) < 4.78 is 39.8. The molecule has 0 spiro atoms. The number of carbonyl (C=O) groups excluding carboxylic acids is 2. The van der Waals surface area contributed by atoms with Gasteiger partial charge >= 0.3 is 0 Å². The number of anilines is 1. The summed E-state index contributed by atoms with van der Waals surface area (Å²) in [6.07, 6.45) is 2.02. The van der Waals surface area contributed by atoms with Gasteiger partial charge in [0.1, 0.15) is 5.69 Å². The van der Waals surface area contributed by atoms with Crippen molar-refractivity contribution in [1.29, 1.82) is 0 Å². The number of likely N-dealkylation sites (tertiary alicyclic amines) is 1. The number of aromatic nitrogens is 2. The summed E-state index contributed by atoms with van der Waals surface area (Å²) >= 11 is 0. The zero-order valence-corrected chi connectivity index (χ0v) is 15.4. The molecule has 1 aliphatic rings. The number of benzene rings is 1. The lowest BCUT2D eigenvalue weighted by molar-refractivity contribution is -0.120. The lowest BCUT2D eigenvalue weighted by atomic mass is 10.0. The van der Waals surface area contributed by atoms with Gasteiger partial charge in [-0.1, -0.05) is 0 Å². The first-order valence-electron chi connectivity index (χ1n) is 9.05. The van der Waals surface area contributed by atoms with E-state index in [1.165, 1.54) is 0 Å². The van der Waals surface area contributed by atoms with Crippen LogP contribution in [0.3, 0.4) is 0 Å². The smallest absolute Gasteiger partial charge is 0.270 e. The van der Waals surface area contributed by atoms with Gasteiger partial charge < -0.3 is 15.2 Å². The van der Waals surface area contributed by atoms with Gasteiger partial charge in [0.2, 0.25) is 5.91 Å². The van der Waals surface area contributed by atoms with Crippen LogP contribution in [-0.2, 0) is 4.79 Å². The molecule has 1 aromatic carbocycles. The topological polar surface area (TPSA) is 78.1 Å². The van der Waals surface area contributed by atoms with Crippen LogP contribution in [0.4, 0.5) is 18.9 Å². The zero-order chi connectivity index (χ0) is 20.7. The number of H-pyrrole nitrogens is 1. The third-order valence-electron chi connectivity index (χ3n) is 5.22. The SMILES string of the molecule is C[C@H]1[C@@H](C(=O)Nc2cc(F)c(F)c(F)c2)CCN1C(=O)c1cc2ncccc2[nH]1. The first-order chi connectivity index (χ1) is 13.8. The predicted molar refractivity (Wildman–Crippen MR) is 99.6 cm³/mol. The van der Waals surface area contributed by atoms with Crippen molar-refractivity contribution in [3.63, 3.8) is 0 Å². The third-order valence-corrected chi connectivity index (χ3v) is 5.22. The molecule has 6 nitrogen and oxygen atoms in total. The fourth-order valence-corrected chi connectivity index (χ4v) is 3.67. The van der Waals surface area contributed by atoms with Crippen LogP contribution in [0.5, 0.6) is 0 Å². The Morgan fingerprint density at radius 1 is 1.21 bits per heavy atom. The van der Waals surface area contributed by atoms with E-state index in [0.717, 1.165) is 17.6 Å². The highest BCUT2D eigenvalue weighted by molar-refractivity contribution is 5.99. The maximum Gasteiger partial charge on any atom is 0.270 e. The van der Waals surface area contributed by atoms with Gasteiger partial charge in [0, 0.05) is 36.6 Å². The van der Waals surface area contributed by atoms with E-state index in [0.29, 0.717) is 24.2 Å². The van der Waals surface area contributed by atoms with Crippen LogP contribution in [-0.4, -0.2) is 39.3 Å². The number of halogens is 3. The van der Waals surface area contributed by atoms with Crippen LogP contribution in [0.25, 0.3) is 11.0 Å². The van der Waals surface area contributed by atoms with Gasteiger partial charge in [0.25, 0.3) is 5.91 Å². The van der Waals surface area contributed by atoms with Gasteiger partial charge in [-0.15, -0.1) is 0 Å². The van der Waals surface area contributed by atoms with Crippen molar-refractivity contribution in [3.05, 3.63) is 59.7 Å². The summed E-state index contributed by atoms with van der Waals surface area (Å²) in [5, 5.41) is 2.40. The van der Waals surface area contributed by atoms with Gasteiger partial charge in [0.05, 0.1) is 17.0 Å². The molecule has 4 rings (SSSR count). The number of rotatable bonds is 3. The minimum absolute atomic E-state index is 0.176. The molecule has 0 bridgehead atoms. The van der Waals surface area contributed by atoms with E-state index in [1.807, 2.05) is 6.07 Å². The van der Waals surface area contributed by atoms with Crippen molar-refractivity contribution < 1.29 is 22.8 Å². The van der Waals surface area contributed by atoms with Crippen molar-refractivity contribution in [2.45, 2.75) is 19.4 Å². The maximum absolute atomic E-state index is 13.4.